The van der Waals surface area contributed by atoms with Gasteiger partial charge >= 0.3 is 0 Å². The van der Waals surface area contributed by atoms with E-state index in [2.05, 4.69) is 63.2 Å². The van der Waals surface area contributed by atoms with E-state index in [0.717, 1.165) is 33.2 Å². The molecule has 0 N–H and O–H groups in total. The summed E-state index contributed by atoms with van der Waals surface area (Å²) in [7, 11) is 0. The van der Waals surface area contributed by atoms with Gasteiger partial charge in [-0.1, -0.05) is 92.2 Å². The summed E-state index contributed by atoms with van der Waals surface area (Å²) in [4.78, 5) is 0. The zero-order valence-corrected chi connectivity index (χ0v) is 21.5. The molecular formula is C35H26F2O. The summed E-state index contributed by atoms with van der Waals surface area (Å²) in [6.45, 7) is 6.69. The van der Waals surface area contributed by atoms with Crippen molar-refractivity contribution in [1.82, 2.24) is 0 Å². The van der Waals surface area contributed by atoms with Crippen molar-refractivity contribution < 1.29 is 13.5 Å². The first-order valence-electron chi connectivity index (χ1n) is 12.9. The van der Waals surface area contributed by atoms with Crippen LogP contribution in [0.1, 0.15) is 47.2 Å². The van der Waals surface area contributed by atoms with E-state index in [1.807, 2.05) is 12.1 Å². The van der Waals surface area contributed by atoms with E-state index >= 15 is 0 Å². The molecule has 0 spiro atoms. The second kappa shape index (κ2) is 7.88. The molecule has 1 heterocycles. The summed E-state index contributed by atoms with van der Waals surface area (Å²) in [5.74, 6) is 0.149. The number of benzene rings is 5. The van der Waals surface area contributed by atoms with Gasteiger partial charge in [-0.2, -0.15) is 0 Å². The highest BCUT2D eigenvalue weighted by Crippen LogP contribution is 2.58. The van der Waals surface area contributed by atoms with Crippen LogP contribution in [0.2, 0.25) is 0 Å². The summed E-state index contributed by atoms with van der Waals surface area (Å²) >= 11 is 0. The van der Waals surface area contributed by atoms with Crippen LogP contribution in [0.4, 0.5) is 8.78 Å². The number of fused-ring (bicyclic) bond motifs is 8. The Morgan fingerprint density at radius 1 is 0.711 bits per heavy atom. The lowest BCUT2D eigenvalue weighted by molar-refractivity contribution is 0.163. The molecule has 186 valence electrons. The van der Waals surface area contributed by atoms with Gasteiger partial charge in [0.05, 0.1) is 0 Å². The quantitative estimate of drug-likeness (QED) is 0.235. The van der Waals surface area contributed by atoms with Crippen molar-refractivity contribution in [2.24, 2.45) is 0 Å². The molecule has 1 aliphatic carbocycles. The number of aryl methyl sites for hydroxylation is 1. The molecule has 38 heavy (non-hydrogen) atoms. The first-order valence-corrected chi connectivity index (χ1v) is 12.9. The molecule has 0 amide bonds. The molecule has 2 aliphatic rings. The van der Waals surface area contributed by atoms with Gasteiger partial charge in [-0.05, 0) is 64.9 Å². The third kappa shape index (κ3) is 3.08. The van der Waals surface area contributed by atoms with Gasteiger partial charge in [-0.15, -0.1) is 0 Å². The number of halogens is 2. The molecule has 5 aromatic carbocycles. The van der Waals surface area contributed by atoms with E-state index in [1.165, 1.54) is 52.1 Å². The Hall–Kier alpha value is -4.24. The van der Waals surface area contributed by atoms with Crippen LogP contribution in [0.15, 0.2) is 97.1 Å². The third-order valence-corrected chi connectivity index (χ3v) is 8.24. The van der Waals surface area contributed by atoms with Crippen molar-refractivity contribution in [2.45, 2.75) is 31.8 Å². The van der Waals surface area contributed by atoms with Crippen LogP contribution >= 0.6 is 0 Å². The molecule has 7 rings (SSSR count). The lowest BCUT2D eigenvalue weighted by Gasteiger charge is -2.38. The number of hydrogen-bond acceptors (Lipinski definition) is 1. The zero-order valence-electron chi connectivity index (χ0n) is 21.5. The van der Waals surface area contributed by atoms with E-state index in [0.29, 0.717) is 0 Å². The van der Waals surface area contributed by atoms with Crippen molar-refractivity contribution in [2.75, 3.05) is 0 Å². The lowest BCUT2D eigenvalue weighted by Crippen LogP contribution is -2.35. The Morgan fingerprint density at radius 2 is 1.32 bits per heavy atom. The monoisotopic (exact) mass is 500 g/mol. The maximum atomic E-state index is 14.0. The highest BCUT2D eigenvalue weighted by molar-refractivity contribution is 6.08. The minimum atomic E-state index is -1.04. The molecule has 1 aliphatic heterocycles. The van der Waals surface area contributed by atoms with Gasteiger partial charge in [-0.25, -0.2) is 8.78 Å². The maximum Gasteiger partial charge on any atom is 0.178 e. The van der Waals surface area contributed by atoms with Gasteiger partial charge in [0.1, 0.15) is 17.4 Å². The van der Waals surface area contributed by atoms with E-state index < -0.39 is 5.60 Å². The average molecular weight is 501 g/mol. The highest BCUT2D eigenvalue weighted by atomic mass is 19.1. The minimum absolute atomic E-state index is 0.232. The molecule has 0 saturated heterocycles. The summed E-state index contributed by atoms with van der Waals surface area (Å²) in [5, 5.41) is 2.16. The number of rotatable bonds is 2. The van der Waals surface area contributed by atoms with Gasteiger partial charge in [0.25, 0.3) is 0 Å². The van der Waals surface area contributed by atoms with Gasteiger partial charge in [-0.3, -0.25) is 0 Å². The predicted molar refractivity (Wildman–Crippen MR) is 149 cm³/mol. The van der Waals surface area contributed by atoms with Crippen LogP contribution in [0.25, 0.3) is 28.0 Å². The van der Waals surface area contributed by atoms with Crippen LogP contribution in [0.5, 0.6) is 5.75 Å². The molecule has 0 unspecified atom stereocenters. The van der Waals surface area contributed by atoms with Crippen molar-refractivity contribution in [3.8, 4) is 16.9 Å². The van der Waals surface area contributed by atoms with Crippen molar-refractivity contribution in [3.63, 3.8) is 0 Å². The molecule has 0 aromatic heterocycles. The van der Waals surface area contributed by atoms with E-state index in [1.54, 1.807) is 24.3 Å². The average Bonchev–Trinajstić information content (AvgIpc) is 3.16. The SMILES string of the molecule is Cc1ccc2c(c1)C(C)(C)c1c3c(c4ccccc4c1-2)OC(c1ccc(F)cc1)(c1ccc(F)cc1)C=C3. The fraction of sp³-hybridized carbons (Fsp3) is 0.143. The first-order chi connectivity index (χ1) is 18.3. The first kappa shape index (κ1) is 22.9. The summed E-state index contributed by atoms with van der Waals surface area (Å²) in [5.41, 5.74) is 7.63. The third-order valence-electron chi connectivity index (χ3n) is 8.24. The van der Waals surface area contributed by atoms with Gasteiger partial charge in [0, 0.05) is 27.5 Å². The summed E-state index contributed by atoms with van der Waals surface area (Å²) in [6, 6.07) is 27.8. The summed E-state index contributed by atoms with van der Waals surface area (Å²) in [6.07, 6.45) is 4.19. The largest absolute Gasteiger partial charge is 0.472 e. The topological polar surface area (TPSA) is 9.23 Å². The van der Waals surface area contributed by atoms with E-state index in [4.69, 9.17) is 4.74 Å². The molecule has 0 bridgehead atoms. The van der Waals surface area contributed by atoms with Crippen LogP contribution in [0.3, 0.4) is 0 Å². The predicted octanol–water partition coefficient (Wildman–Crippen LogP) is 9.08. The number of ether oxygens (including phenoxy) is 1. The highest BCUT2D eigenvalue weighted by Gasteiger charge is 2.44. The molecule has 1 nitrogen and oxygen atoms in total. The van der Waals surface area contributed by atoms with Crippen LogP contribution < -0.4 is 4.74 Å². The summed E-state index contributed by atoms with van der Waals surface area (Å²) < 4.78 is 35.0. The Labute approximate surface area is 221 Å². The number of hydrogen-bond donors (Lipinski definition) is 0. The normalized spacial score (nSPS) is 16.0. The van der Waals surface area contributed by atoms with Gasteiger partial charge in [0.2, 0.25) is 0 Å². The fourth-order valence-corrected chi connectivity index (χ4v) is 6.42. The minimum Gasteiger partial charge on any atom is -0.472 e. The Balaban J connectivity index is 1.55. The molecule has 0 radical (unpaired) electrons. The van der Waals surface area contributed by atoms with Crippen LogP contribution in [-0.4, -0.2) is 0 Å². The van der Waals surface area contributed by atoms with Crippen molar-refractivity contribution in [1.29, 1.82) is 0 Å². The second-order valence-electron chi connectivity index (χ2n) is 10.9. The standard InChI is InChI=1S/C35H26F2O/c1-21-8-17-28-30(20-21)34(2,3)32-29-18-19-35(22-9-13-24(36)14-10-22,23-11-15-25(37)16-12-23)38-33(29)27-7-5-4-6-26(27)31(28)32/h4-20H,1-3H3. The zero-order chi connectivity index (χ0) is 26.2. The van der Waals surface area contributed by atoms with Crippen molar-refractivity contribution >= 4 is 16.8 Å². The molecule has 3 heteroatoms. The van der Waals surface area contributed by atoms with Gasteiger partial charge in [0.15, 0.2) is 5.60 Å². The Morgan fingerprint density at radius 3 is 1.95 bits per heavy atom. The maximum absolute atomic E-state index is 14.0. The fourth-order valence-electron chi connectivity index (χ4n) is 6.42. The molecule has 0 fully saturated rings. The van der Waals surface area contributed by atoms with Crippen LogP contribution in [-0.2, 0) is 11.0 Å². The van der Waals surface area contributed by atoms with Crippen LogP contribution in [0, 0.1) is 18.6 Å². The molecule has 0 saturated carbocycles. The van der Waals surface area contributed by atoms with Gasteiger partial charge < -0.3 is 4.74 Å². The second-order valence-corrected chi connectivity index (χ2v) is 10.9. The van der Waals surface area contributed by atoms with E-state index in [-0.39, 0.29) is 17.0 Å². The lowest BCUT2D eigenvalue weighted by atomic mass is 9.76. The smallest absolute Gasteiger partial charge is 0.178 e. The molecular weight excluding hydrogens is 474 g/mol. The van der Waals surface area contributed by atoms with E-state index in [9.17, 15) is 8.78 Å². The molecule has 0 atom stereocenters. The Bertz CT molecular complexity index is 1730. The Kier molecular flexibility index (Phi) is 4.75. The molecule has 5 aromatic rings. The van der Waals surface area contributed by atoms with Crippen molar-refractivity contribution in [3.05, 3.63) is 142 Å².